The summed E-state index contributed by atoms with van der Waals surface area (Å²) in [6.45, 7) is 3.59. The second-order valence-electron chi connectivity index (χ2n) is 5.90. The molecular formula is C19H20N2O2. The van der Waals surface area contributed by atoms with E-state index in [2.05, 4.69) is 5.32 Å². The maximum Gasteiger partial charge on any atom is 0.255 e. The van der Waals surface area contributed by atoms with Gasteiger partial charge in [-0.15, -0.1) is 0 Å². The van der Waals surface area contributed by atoms with Gasteiger partial charge in [-0.25, -0.2) is 0 Å². The minimum absolute atomic E-state index is 0.0363. The fraction of sp³-hybridized carbons (Fsp3) is 0.263. The van der Waals surface area contributed by atoms with E-state index in [0.717, 1.165) is 31.5 Å². The van der Waals surface area contributed by atoms with Crippen molar-refractivity contribution >= 4 is 17.5 Å². The maximum absolute atomic E-state index is 12.4. The average molecular weight is 308 g/mol. The molecule has 0 aromatic heterocycles. The van der Waals surface area contributed by atoms with Gasteiger partial charge in [-0.05, 0) is 50.1 Å². The number of benzene rings is 2. The molecule has 1 aliphatic rings. The van der Waals surface area contributed by atoms with Crippen molar-refractivity contribution in [3.63, 3.8) is 0 Å². The largest absolute Gasteiger partial charge is 0.339 e. The summed E-state index contributed by atoms with van der Waals surface area (Å²) in [5.41, 5.74) is 2.91. The van der Waals surface area contributed by atoms with E-state index in [1.54, 1.807) is 30.3 Å². The summed E-state index contributed by atoms with van der Waals surface area (Å²) in [6.07, 6.45) is 2.13. The molecule has 1 N–H and O–H groups in total. The summed E-state index contributed by atoms with van der Waals surface area (Å²) in [4.78, 5) is 26.6. The van der Waals surface area contributed by atoms with E-state index in [1.807, 2.05) is 30.0 Å². The quantitative estimate of drug-likeness (QED) is 0.943. The molecule has 0 spiro atoms. The summed E-state index contributed by atoms with van der Waals surface area (Å²) in [7, 11) is 0. The lowest BCUT2D eigenvalue weighted by Gasteiger charge is -2.15. The van der Waals surface area contributed by atoms with Gasteiger partial charge in [0.25, 0.3) is 11.8 Å². The molecule has 2 aromatic carbocycles. The second kappa shape index (κ2) is 6.65. The number of nitrogens with one attached hydrogen (secondary N) is 1. The van der Waals surface area contributed by atoms with Crippen LogP contribution in [0, 0.1) is 6.92 Å². The second-order valence-corrected chi connectivity index (χ2v) is 5.90. The first kappa shape index (κ1) is 15.3. The van der Waals surface area contributed by atoms with Crippen LogP contribution in [0.2, 0.25) is 0 Å². The van der Waals surface area contributed by atoms with Gasteiger partial charge < -0.3 is 10.2 Å². The monoisotopic (exact) mass is 308 g/mol. The van der Waals surface area contributed by atoms with Crippen LogP contribution >= 0.6 is 0 Å². The van der Waals surface area contributed by atoms with Crippen LogP contribution in [-0.2, 0) is 0 Å². The lowest BCUT2D eigenvalue weighted by atomic mass is 10.1. The molecule has 0 atom stereocenters. The van der Waals surface area contributed by atoms with Gasteiger partial charge in [0.15, 0.2) is 0 Å². The molecule has 1 saturated heterocycles. The fourth-order valence-electron chi connectivity index (χ4n) is 2.82. The van der Waals surface area contributed by atoms with Gasteiger partial charge in [0, 0.05) is 29.9 Å². The number of carbonyl (C=O) groups excluding carboxylic acids is 2. The number of hydrogen-bond acceptors (Lipinski definition) is 2. The molecule has 23 heavy (non-hydrogen) atoms. The molecule has 1 heterocycles. The number of rotatable bonds is 3. The van der Waals surface area contributed by atoms with Crippen molar-refractivity contribution in [2.24, 2.45) is 0 Å². The number of carbonyl (C=O) groups is 2. The molecule has 1 aliphatic heterocycles. The van der Waals surface area contributed by atoms with Crippen LogP contribution in [-0.4, -0.2) is 29.8 Å². The minimum atomic E-state index is -0.167. The van der Waals surface area contributed by atoms with Gasteiger partial charge in [-0.3, -0.25) is 9.59 Å². The third-order valence-corrected chi connectivity index (χ3v) is 4.04. The molecule has 118 valence electrons. The summed E-state index contributed by atoms with van der Waals surface area (Å²) in [5.74, 6) is -0.131. The molecule has 4 heteroatoms. The lowest BCUT2D eigenvalue weighted by Crippen LogP contribution is -2.27. The normalized spacial score (nSPS) is 13.9. The van der Waals surface area contributed by atoms with Gasteiger partial charge in [-0.1, -0.05) is 23.8 Å². The van der Waals surface area contributed by atoms with Crippen LogP contribution in [0.5, 0.6) is 0 Å². The third-order valence-electron chi connectivity index (χ3n) is 4.04. The first-order valence-corrected chi connectivity index (χ1v) is 7.91. The summed E-state index contributed by atoms with van der Waals surface area (Å²) >= 11 is 0. The molecule has 0 saturated carbocycles. The molecule has 0 bridgehead atoms. The Labute approximate surface area is 136 Å². The number of hydrogen-bond donors (Lipinski definition) is 1. The zero-order chi connectivity index (χ0) is 16.2. The smallest absolute Gasteiger partial charge is 0.255 e. The van der Waals surface area contributed by atoms with Crippen LogP contribution in [0.25, 0.3) is 0 Å². The van der Waals surface area contributed by atoms with Crippen molar-refractivity contribution in [2.75, 3.05) is 18.4 Å². The molecule has 0 radical (unpaired) electrons. The number of aryl methyl sites for hydroxylation is 1. The van der Waals surface area contributed by atoms with E-state index in [9.17, 15) is 9.59 Å². The van der Waals surface area contributed by atoms with Crippen molar-refractivity contribution in [3.8, 4) is 0 Å². The van der Waals surface area contributed by atoms with E-state index < -0.39 is 0 Å². The minimum Gasteiger partial charge on any atom is -0.339 e. The highest BCUT2D eigenvalue weighted by atomic mass is 16.2. The Balaban J connectivity index is 1.74. The molecule has 1 fully saturated rings. The number of nitrogens with zero attached hydrogens (tertiary/aromatic N) is 1. The fourth-order valence-corrected chi connectivity index (χ4v) is 2.82. The van der Waals surface area contributed by atoms with Gasteiger partial charge in [0.05, 0.1) is 0 Å². The highest BCUT2D eigenvalue weighted by molar-refractivity contribution is 6.05. The number of amides is 2. The maximum atomic E-state index is 12.4. The molecule has 4 nitrogen and oxygen atoms in total. The predicted octanol–water partition coefficient (Wildman–Crippen LogP) is 3.48. The molecule has 2 amide bonds. The molecular weight excluding hydrogens is 288 g/mol. The Kier molecular flexibility index (Phi) is 4.42. The Morgan fingerprint density at radius 2 is 1.65 bits per heavy atom. The standard InChI is InChI=1S/C19H20N2O2/c1-14-6-4-7-15(12-14)18(22)20-17-9-5-8-16(13-17)19(23)21-10-2-3-11-21/h4-9,12-13H,2-3,10-11H2,1H3,(H,20,22). The lowest BCUT2D eigenvalue weighted by molar-refractivity contribution is 0.0792. The van der Waals surface area contributed by atoms with Crippen LogP contribution in [0.15, 0.2) is 48.5 Å². The van der Waals surface area contributed by atoms with E-state index in [0.29, 0.717) is 16.8 Å². The van der Waals surface area contributed by atoms with Crippen molar-refractivity contribution in [1.29, 1.82) is 0 Å². The Morgan fingerprint density at radius 1 is 0.957 bits per heavy atom. The van der Waals surface area contributed by atoms with Crippen molar-refractivity contribution in [1.82, 2.24) is 4.90 Å². The van der Waals surface area contributed by atoms with Crippen molar-refractivity contribution in [2.45, 2.75) is 19.8 Å². The third kappa shape index (κ3) is 3.59. The summed E-state index contributed by atoms with van der Waals surface area (Å²) in [5, 5.41) is 2.86. The van der Waals surface area contributed by atoms with Gasteiger partial charge >= 0.3 is 0 Å². The van der Waals surface area contributed by atoms with Crippen LogP contribution in [0.3, 0.4) is 0 Å². The SMILES string of the molecule is Cc1cccc(C(=O)Nc2cccc(C(=O)N3CCCC3)c2)c1. The topological polar surface area (TPSA) is 49.4 Å². The van der Waals surface area contributed by atoms with Crippen molar-refractivity contribution in [3.05, 3.63) is 65.2 Å². The van der Waals surface area contributed by atoms with Gasteiger partial charge in [-0.2, -0.15) is 0 Å². The Hall–Kier alpha value is -2.62. The highest BCUT2D eigenvalue weighted by Crippen LogP contribution is 2.17. The molecule has 2 aromatic rings. The van der Waals surface area contributed by atoms with E-state index in [4.69, 9.17) is 0 Å². The zero-order valence-electron chi connectivity index (χ0n) is 13.2. The van der Waals surface area contributed by atoms with Gasteiger partial charge in [0.2, 0.25) is 0 Å². The first-order valence-electron chi connectivity index (χ1n) is 7.91. The van der Waals surface area contributed by atoms with Crippen LogP contribution in [0.4, 0.5) is 5.69 Å². The highest BCUT2D eigenvalue weighted by Gasteiger charge is 2.19. The number of anilines is 1. The van der Waals surface area contributed by atoms with E-state index >= 15 is 0 Å². The molecule has 0 unspecified atom stereocenters. The predicted molar refractivity (Wildman–Crippen MR) is 90.7 cm³/mol. The Bertz CT molecular complexity index is 734. The van der Waals surface area contributed by atoms with Gasteiger partial charge in [0.1, 0.15) is 0 Å². The first-order chi connectivity index (χ1) is 11.1. The van der Waals surface area contributed by atoms with Crippen molar-refractivity contribution < 1.29 is 9.59 Å². The molecule has 3 rings (SSSR count). The van der Waals surface area contributed by atoms with E-state index in [-0.39, 0.29) is 11.8 Å². The average Bonchev–Trinajstić information content (AvgIpc) is 3.09. The summed E-state index contributed by atoms with van der Waals surface area (Å²) < 4.78 is 0. The molecule has 0 aliphatic carbocycles. The zero-order valence-corrected chi connectivity index (χ0v) is 13.2. The number of likely N-dealkylation sites (tertiary alicyclic amines) is 1. The van der Waals surface area contributed by atoms with E-state index in [1.165, 1.54) is 0 Å². The Morgan fingerprint density at radius 3 is 2.39 bits per heavy atom. The van der Waals surface area contributed by atoms with Crippen LogP contribution in [0.1, 0.15) is 39.1 Å². The summed E-state index contributed by atoms with van der Waals surface area (Å²) in [6, 6.07) is 14.6. The van der Waals surface area contributed by atoms with Crippen LogP contribution < -0.4 is 5.32 Å².